The third kappa shape index (κ3) is 1.56. The highest BCUT2D eigenvalue weighted by Gasteiger charge is 2.01. The molecule has 0 saturated heterocycles. The fourth-order valence-corrected chi connectivity index (χ4v) is 1.53. The number of aromatic nitrogens is 2. The van der Waals surface area contributed by atoms with Crippen LogP contribution in [0.4, 0.5) is 0 Å². The lowest BCUT2D eigenvalue weighted by molar-refractivity contribution is 0.277. The van der Waals surface area contributed by atoms with Gasteiger partial charge >= 0.3 is 0 Å². The number of nitrogens with zero attached hydrogens (tertiary/aromatic N) is 2. The Labute approximate surface area is 88.0 Å². The summed E-state index contributed by atoms with van der Waals surface area (Å²) in [6.07, 6.45) is 1.63. The lowest BCUT2D eigenvalue weighted by atomic mass is 10.4. The van der Waals surface area contributed by atoms with Crippen LogP contribution < -0.4 is 5.56 Å². The van der Waals surface area contributed by atoms with Gasteiger partial charge in [-0.05, 0) is 12.1 Å². The van der Waals surface area contributed by atoms with Crippen LogP contribution in [0.2, 0.25) is 0 Å². The van der Waals surface area contributed by atoms with Crippen LogP contribution in [0.5, 0.6) is 0 Å². The van der Waals surface area contributed by atoms with Crippen molar-refractivity contribution in [1.82, 2.24) is 9.38 Å². The standard InChI is InChI=1S/C9H7BrN2O2/c10-6-1-2-12-8(3-6)11-7(5-13)4-9(12)14/h1-4,13H,5H2. The fourth-order valence-electron chi connectivity index (χ4n) is 1.21. The van der Waals surface area contributed by atoms with E-state index in [1.807, 2.05) is 0 Å². The third-order valence-electron chi connectivity index (χ3n) is 1.84. The molecule has 0 aliphatic carbocycles. The minimum Gasteiger partial charge on any atom is -0.390 e. The molecule has 0 aromatic carbocycles. The summed E-state index contributed by atoms with van der Waals surface area (Å²) in [6, 6.07) is 4.80. The highest BCUT2D eigenvalue weighted by atomic mass is 79.9. The molecule has 0 amide bonds. The molecule has 4 nitrogen and oxygen atoms in total. The minimum absolute atomic E-state index is 0.188. The van der Waals surface area contributed by atoms with Gasteiger partial charge in [0.15, 0.2) is 0 Å². The van der Waals surface area contributed by atoms with Gasteiger partial charge in [0.25, 0.3) is 5.56 Å². The van der Waals surface area contributed by atoms with Gasteiger partial charge in [-0.25, -0.2) is 4.98 Å². The second-order valence-corrected chi connectivity index (χ2v) is 3.73. The number of aliphatic hydroxyl groups excluding tert-OH is 1. The van der Waals surface area contributed by atoms with Gasteiger partial charge in [0.2, 0.25) is 0 Å². The molecular weight excluding hydrogens is 248 g/mol. The molecule has 0 bridgehead atoms. The van der Waals surface area contributed by atoms with Gasteiger partial charge in [-0.3, -0.25) is 9.20 Å². The van der Waals surface area contributed by atoms with Crippen molar-refractivity contribution in [3.05, 3.63) is 44.9 Å². The van der Waals surface area contributed by atoms with Crippen LogP contribution in [-0.4, -0.2) is 14.5 Å². The Hall–Kier alpha value is -1.20. The van der Waals surface area contributed by atoms with E-state index in [0.717, 1.165) is 4.47 Å². The molecule has 1 N–H and O–H groups in total. The molecule has 2 aromatic heterocycles. The van der Waals surface area contributed by atoms with E-state index in [9.17, 15) is 4.79 Å². The van der Waals surface area contributed by atoms with Crippen LogP contribution in [-0.2, 0) is 6.61 Å². The van der Waals surface area contributed by atoms with Gasteiger partial charge in [-0.15, -0.1) is 0 Å². The summed E-state index contributed by atoms with van der Waals surface area (Å²) in [5.74, 6) is 0. The van der Waals surface area contributed by atoms with E-state index in [1.54, 1.807) is 18.3 Å². The van der Waals surface area contributed by atoms with Crippen molar-refractivity contribution in [3.8, 4) is 0 Å². The molecule has 5 heteroatoms. The first-order valence-electron chi connectivity index (χ1n) is 3.99. The maximum atomic E-state index is 11.5. The Balaban J connectivity index is 2.84. The van der Waals surface area contributed by atoms with E-state index in [-0.39, 0.29) is 12.2 Å². The van der Waals surface area contributed by atoms with Crippen LogP contribution >= 0.6 is 15.9 Å². The summed E-state index contributed by atoms with van der Waals surface area (Å²) in [6.45, 7) is -0.224. The average molecular weight is 255 g/mol. The van der Waals surface area contributed by atoms with Crippen molar-refractivity contribution in [2.45, 2.75) is 6.61 Å². The summed E-state index contributed by atoms with van der Waals surface area (Å²) in [7, 11) is 0. The minimum atomic E-state index is -0.224. The molecule has 0 unspecified atom stereocenters. The van der Waals surface area contributed by atoms with Crippen LogP contribution in [0.3, 0.4) is 0 Å². The Bertz CT molecular complexity index is 536. The van der Waals surface area contributed by atoms with Crippen molar-refractivity contribution in [2.75, 3.05) is 0 Å². The molecule has 0 aliphatic heterocycles. The summed E-state index contributed by atoms with van der Waals surface area (Å²) in [5, 5.41) is 8.87. The maximum absolute atomic E-state index is 11.5. The van der Waals surface area contributed by atoms with Crippen LogP contribution in [0.25, 0.3) is 5.65 Å². The van der Waals surface area contributed by atoms with E-state index in [4.69, 9.17) is 5.11 Å². The van der Waals surface area contributed by atoms with Crippen molar-refractivity contribution in [3.63, 3.8) is 0 Å². The molecule has 2 rings (SSSR count). The molecular formula is C9H7BrN2O2. The van der Waals surface area contributed by atoms with Gasteiger partial charge in [-0.1, -0.05) is 15.9 Å². The highest BCUT2D eigenvalue weighted by Crippen LogP contribution is 2.10. The lowest BCUT2D eigenvalue weighted by Gasteiger charge is -2.01. The average Bonchev–Trinajstić information content (AvgIpc) is 2.16. The van der Waals surface area contributed by atoms with E-state index in [0.29, 0.717) is 11.3 Å². The smallest absolute Gasteiger partial charge is 0.258 e. The van der Waals surface area contributed by atoms with Gasteiger partial charge in [-0.2, -0.15) is 0 Å². The number of hydrogen-bond acceptors (Lipinski definition) is 3. The topological polar surface area (TPSA) is 54.6 Å². The molecule has 0 saturated carbocycles. The first-order chi connectivity index (χ1) is 6.70. The van der Waals surface area contributed by atoms with Crippen LogP contribution in [0.1, 0.15) is 5.69 Å². The zero-order chi connectivity index (χ0) is 10.1. The molecule has 0 atom stereocenters. The van der Waals surface area contributed by atoms with Gasteiger partial charge in [0, 0.05) is 16.7 Å². The molecule has 2 aromatic rings. The van der Waals surface area contributed by atoms with E-state index >= 15 is 0 Å². The number of rotatable bonds is 1. The Morgan fingerprint density at radius 3 is 3.00 bits per heavy atom. The normalized spacial score (nSPS) is 10.7. The first kappa shape index (κ1) is 9.36. The highest BCUT2D eigenvalue weighted by molar-refractivity contribution is 9.10. The third-order valence-corrected chi connectivity index (χ3v) is 2.34. The van der Waals surface area contributed by atoms with E-state index in [2.05, 4.69) is 20.9 Å². The Morgan fingerprint density at radius 2 is 2.29 bits per heavy atom. The largest absolute Gasteiger partial charge is 0.390 e. The maximum Gasteiger partial charge on any atom is 0.258 e. The summed E-state index contributed by atoms with van der Waals surface area (Å²) in [4.78, 5) is 15.6. The molecule has 0 radical (unpaired) electrons. The monoisotopic (exact) mass is 254 g/mol. The summed E-state index contributed by atoms with van der Waals surface area (Å²) >= 11 is 3.29. The molecule has 0 spiro atoms. The quantitative estimate of drug-likeness (QED) is 0.825. The number of aliphatic hydroxyl groups is 1. The van der Waals surface area contributed by atoms with Crippen molar-refractivity contribution >= 4 is 21.6 Å². The SMILES string of the molecule is O=c1cc(CO)nc2cc(Br)ccn12. The van der Waals surface area contributed by atoms with Crippen molar-refractivity contribution in [2.24, 2.45) is 0 Å². The Morgan fingerprint density at radius 1 is 1.50 bits per heavy atom. The summed E-state index contributed by atoms with van der Waals surface area (Å²) in [5.41, 5.74) is 0.718. The molecule has 2 heterocycles. The fraction of sp³-hybridized carbons (Fsp3) is 0.111. The Kier molecular flexibility index (Phi) is 2.35. The number of hydrogen-bond donors (Lipinski definition) is 1. The predicted octanol–water partition coefficient (Wildman–Crippen LogP) is 0.949. The molecule has 72 valence electrons. The van der Waals surface area contributed by atoms with Crippen LogP contribution in [0.15, 0.2) is 33.7 Å². The molecule has 14 heavy (non-hydrogen) atoms. The van der Waals surface area contributed by atoms with Gasteiger partial charge in [0.1, 0.15) is 5.65 Å². The van der Waals surface area contributed by atoms with Gasteiger partial charge < -0.3 is 5.11 Å². The zero-order valence-electron chi connectivity index (χ0n) is 7.14. The summed E-state index contributed by atoms with van der Waals surface area (Å²) < 4.78 is 2.27. The van der Waals surface area contributed by atoms with Crippen molar-refractivity contribution in [1.29, 1.82) is 0 Å². The molecule has 0 aliphatic rings. The lowest BCUT2D eigenvalue weighted by Crippen LogP contribution is -2.15. The number of fused-ring (bicyclic) bond motifs is 1. The van der Waals surface area contributed by atoms with Gasteiger partial charge in [0.05, 0.1) is 12.3 Å². The second-order valence-electron chi connectivity index (χ2n) is 2.82. The van der Waals surface area contributed by atoms with E-state index < -0.39 is 0 Å². The first-order valence-corrected chi connectivity index (χ1v) is 4.79. The molecule has 0 fully saturated rings. The van der Waals surface area contributed by atoms with Crippen LogP contribution in [0, 0.1) is 0 Å². The second kappa shape index (κ2) is 3.51. The van der Waals surface area contributed by atoms with Crippen molar-refractivity contribution < 1.29 is 5.11 Å². The zero-order valence-corrected chi connectivity index (χ0v) is 8.73. The predicted molar refractivity (Wildman–Crippen MR) is 55.1 cm³/mol. The number of halogens is 1. The number of pyridine rings is 1. The van der Waals surface area contributed by atoms with E-state index in [1.165, 1.54) is 10.5 Å².